The lowest BCUT2D eigenvalue weighted by molar-refractivity contribution is -0.150. The fourth-order valence-corrected chi connectivity index (χ4v) is 1.53. The highest BCUT2D eigenvalue weighted by molar-refractivity contribution is 5.70. The van der Waals surface area contributed by atoms with E-state index in [4.69, 9.17) is 9.47 Å². The molecule has 0 aliphatic heterocycles. The Labute approximate surface area is 109 Å². The van der Waals surface area contributed by atoms with E-state index in [0.29, 0.717) is 31.3 Å². The van der Waals surface area contributed by atoms with Gasteiger partial charge in [-0.05, 0) is 12.8 Å². The summed E-state index contributed by atoms with van der Waals surface area (Å²) in [4.78, 5) is 22.6. The molecular weight excluding hydrogens is 232 g/mol. The minimum Gasteiger partial charge on any atom is -0.458 e. The standard InChI is InChI=1S/C14H24O4/c1-6-11(17-13(15)8-3)10(5)12(7-2)18-14(16)9-4/h11-12H,5-9H2,1-4H3. The van der Waals surface area contributed by atoms with Crippen LogP contribution in [0.2, 0.25) is 0 Å². The normalized spacial score (nSPS) is 13.6. The summed E-state index contributed by atoms with van der Waals surface area (Å²) in [6.45, 7) is 11.2. The van der Waals surface area contributed by atoms with Crippen molar-refractivity contribution in [3.63, 3.8) is 0 Å². The highest BCUT2D eigenvalue weighted by Crippen LogP contribution is 2.19. The van der Waals surface area contributed by atoms with Gasteiger partial charge in [0.15, 0.2) is 0 Å². The van der Waals surface area contributed by atoms with Crippen molar-refractivity contribution in [1.82, 2.24) is 0 Å². The molecule has 0 heterocycles. The summed E-state index contributed by atoms with van der Waals surface area (Å²) >= 11 is 0. The molecule has 2 unspecified atom stereocenters. The van der Waals surface area contributed by atoms with Crippen LogP contribution in [0.25, 0.3) is 0 Å². The summed E-state index contributed by atoms with van der Waals surface area (Å²) in [5.41, 5.74) is 0.656. The van der Waals surface area contributed by atoms with Crippen molar-refractivity contribution in [2.24, 2.45) is 0 Å². The number of ether oxygens (including phenoxy) is 2. The van der Waals surface area contributed by atoms with Crippen molar-refractivity contribution in [2.75, 3.05) is 0 Å². The number of rotatable bonds is 8. The molecular formula is C14H24O4. The van der Waals surface area contributed by atoms with Gasteiger partial charge in [0, 0.05) is 18.4 Å². The number of esters is 2. The fourth-order valence-electron chi connectivity index (χ4n) is 1.53. The summed E-state index contributed by atoms with van der Waals surface area (Å²) in [6, 6.07) is 0. The number of hydrogen-bond acceptors (Lipinski definition) is 4. The van der Waals surface area contributed by atoms with Crippen molar-refractivity contribution >= 4 is 11.9 Å². The first-order valence-corrected chi connectivity index (χ1v) is 6.57. The fraction of sp³-hybridized carbons (Fsp3) is 0.714. The van der Waals surface area contributed by atoms with E-state index in [1.54, 1.807) is 13.8 Å². The molecule has 0 aliphatic carbocycles. The van der Waals surface area contributed by atoms with E-state index in [-0.39, 0.29) is 24.1 Å². The molecule has 0 saturated heterocycles. The molecule has 0 aromatic rings. The van der Waals surface area contributed by atoms with Crippen molar-refractivity contribution in [1.29, 1.82) is 0 Å². The van der Waals surface area contributed by atoms with Crippen molar-refractivity contribution in [3.05, 3.63) is 12.2 Å². The summed E-state index contributed by atoms with van der Waals surface area (Å²) in [5.74, 6) is -0.528. The molecule has 0 rings (SSSR count). The van der Waals surface area contributed by atoms with Crippen LogP contribution in [-0.4, -0.2) is 24.1 Å². The van der Waals surface area contributed by atoms with Crippen LogP contribution >= 0.6 is 0 Å². The Morgan fingerprint density at radius 1 is 0.889 bits per heavy atom. The molecule has 4 nitrogen and oxygen atoms in total. The van der Waals surface area contributed by atoms with E-state index in [1.165, 1.54) is 0 Å². The van der Waals surface area contributed by atoms with E-state index < -0.39 is 0 Å². The summed E-state index contributed by atoms with van der Waals surface area (Å²) < 4.78 is 10.6. The lowest BCUT2D eigenvalue weighted by Crippen LogP contribution is -2.29. The Morgan fingerprint density at radius 3 is 1.44 bits per heavy atom. The van der Waals surface area contributed by atoms with Crippen LogP contribution in [0.1, 0.15) is 53.4 Å². The average molecular weight is 256 g/mol. The van der Waals surface area contributed by atoms with Crippen molar-refractivity contribution in [3.8, 4) is 0 Å². The number of carbonyl (C=O) groups excluding carboxylic acids is 2. The zero-order chi connectivity index (χ0) is 14.1. The van der Waals surface area contributed by atoms with Crippen LogP contribution in [-0.2, 0) is 19.1 Å². The molecule has 0 aliphatic rings. The molecule has 0 fully saturated rings. The third-order valence-corrected chi connectivity index (χ3v) is 2.69. The summed E-state index contributed by atoms with van der Waals surface area (Å²) in [5, 5.41) is 0. The van der Waals surface area contributed by atoms with Gasteiger partial charge >= 0.3 is 11.9 Å². The predicted molar refractivity (Wildman–Crippen MR) is 70.1 cm³/mol. The van der Waals surface area contributed by atoms with Crippen molar-refractivity contribution in [2.45, 2.75) is 65.6 Å². The SMILES string of the molecule is C=C(C(CC)OC(=O)CC)C(CC)OC(=O)CC. The Kier molecular flexibility index (Phi) is 8.08. The van der Waals surface area contributed by atoms with Gasteiger partial charge in [-0.3, -0.25) is 9.59 Å². The van der Waals surface area contributed by atoms with Crippen LogP contribution in [0.3, 0.4) is 0 Å². The van der Waals surface area contributed by atoms with Crippen LogP contribution in [0.5, 0.6) is 0 Å². The van der Waals surface area contributed by atoms with Crippen LogP contribution in [0.15, 0.2) is 12.2 Å². The van der Waals surface area contributed by atoms with E-state index in [9.17, 15) is 9.59 Å². The second-order valence-electron chi connectivity index (χ2n) is 4.06. The van der Waals surface area contributed by atoms with Gasteiger partial charge in [0.25, 0.3) is 0 Å². The van der Waals surface area contributed by atoms with Gasteiger partial charge in [-0.15, -0.1) is 0 Å². The first kappa shape index (κ1) is 16.7. The molecule has 0 bridgehead atoms. The largest absolute Gasteiger partial charge is 0.458 e. The highest BCUT2D eigenvalue weighted by atomic mass is 16.6. The quantitative estimate of drug-likeness (QED) is 0.495. The molecule has 0 saturated carbocycles. The second-order valence-corrected chi connectivity index (χ2v) is 4.06. The predicted octanol–water partition coefficient (Wildman–Crippen LogP) is 3.01. The third-order valence-electron chi connectivity index (χ3n) is 2.69. The van der Waals surface area contributed by atoms with Gasteiger partial charge in [0.1, 0.15) is 12.2 Å². The van der Waals surface area contributed by atoms with Gasteiger partial charge in [0.05, 0.1) is 0 Å². The van der Waals surface area contributed by atoms with E-state index in [0.717, 1.165) is 0 Å². The first-order valence-electron chi connectivity index (χ1n) is 6.57. The number of hydrogen-bond donors (Lipinski definition) is 0. The summed E-state index contributed by atoms with van der Waals surface area (Å²) in [7, 11) is 0. The smallest absolute Gasteiger partial charge is 0.306 e. The van der Waals surface area contributed by atoms with Gasteiger partial charge < -0.3 is 9.47 Å². The molecule has 0 radical (unpaired) electrons. The van der Waals surface area contributed by atoms with Gasteiger partial charge in [0.2, 0.25) is 0 Å². The zero-order valence-electron chi connectivity index (χ0n) is 11.8. The van der Waals surface area contributed by atoms with Crippen LogP contribution in [0.4, 0.5) is 0 Å². The van der Waals surface area contributed by atoms with E-state index in [2.05, 4.69) is 6.58 Å². The molecule has 0 aromatic carbocycles. The topological polar surface area (TPSA) is 52.6 Å². The molecule has 4 heteroatoms. The lowest BCUT2D eigenvalue weighted by atomic mass is 10.0. The van der Waals surface area contributed by atoms with Crippen LogP contribution in [0, 0.1) is 0 Å². The maximum absolute atomic E-state index is 11.3. The second kappa shape index (κ2) is 8.72. The van der Waals surface area contributed by atoms with Gasteiger partial charge in [-0.2, -0.15) is 0 Å². The number of carbonyl (C=O) groups is 2. The lowest BCUT2D eigenvalue weighted by Gasteiger charge is -2.25. The minimum absolute atomic E-state index is 0.264. The summed E-state index contributed by atoms with van der Waals surface area (Å²) in [6.07, 6.45) is 1.15. The average Bonchev–Trinajstić information content (AvgIpc) is 2.40. The Morgan fingerprint density at radius 2 is 1.22 bits per heavy atom. The third kappa shape index (κ3) is 5.34. The molecule has 2 atom stereocenters. The Balaban J connectivity index is 4.62. The molecule has 0 N–H and O–H groups in total. The molecule has 0 aromatic heterocycles. The molecule has 104 valence electrons. The zero-order valence-corrected chi connectivity index (χ0v) is 11.8. The molecule has 18 heavy (non-hydrogen) atoms. The maximum Gasteiger partial charge on any atom is 0.306 e. The van der Waals surface area contributed by atoms with E-state index >= 15 is 0 Å². The molecule has 0 spiro atoms. The first-order chi connectivity index (χ1) is 8.49. The van der Waals surface area contributed by atoms with E-state index in [1.807, 2.05) is 13.8 Å². The Hall–Kier alpha value is -1.32. The van der Waals surface area contributed by atoms with Gasteiger partial charge in [-0.25, -0.2) is 0 Å². The molecule has 0 amide bonds. The highest BCUT2D eigenvalue weighted by Gasteiger charge is 2.24. The monoisotopic (exact) mass is 256 g/mol. The van der Waals surface area contributed by atoms with Crippen LogP contribution < -0.4 is 0 Å². The van der Waals surface area contributed by atoms with Gasteiger partial charge in [-0.1, -0.05) is 34.3 Å². The Bertz CT molecular complexity index is 268. The minimum atomic E-state index is -0.382. The maximum atomic E-state index is 11.3. The van der Waals surface area contributed by atoms with Crippen molar-refractivity contribution < 1.29 is 19.1 Å².